The van der Waals surface area contributed by atoms with Crippen LogP contribution in [-0.4, -0.2) is 17.4 Å². The molecule has 4 heteroatoms. The molecule has 0 saturated heterocycles. The number of aromatic amines is 1. The van der Waals surface area contributed by atoms with E-state index in [-0.39, 0.29) is 11.5 Å². The fraction of sp³-hybridized carbons (Fsp3) is 0.538. The molecule has 0 aliphatic rings. The van der Waals surface area contributed by atoms with E-state index in [1.54, 1.807) is 12.1 Å². The Kier molecular flexibility index (Phi) is 5.46. The van der Waals surface area contributed by atoms with Gasteiger partial charge in [0.05, 0.1) is 0 Å². The van der Waals surface area contributed by atoms with Crippen LogP contribution >= 0.6 is 0 Å². The average molecular weight is 236 g/mol. The molecule has 0 atom stereocenters. The Morgan fingerprint density at radius 2 is 2.12 bits per heavy atom. The third kappa shape index (κ3) is 5.33. The first kappa shape index (κ1) is 13.5. The summed E-state index contributed by atoms with van der Waals surface area (Å²) in [4.78, 5) is 25.1. The van der Waals surface area contributed by atoms with Crippen molar-refractivity contribution in [2.24, 2.45) is 5.92 Å². The summed E-state index contributed by atoms with van der Waals surface area (Å²) in [6.07, 6.45) is 3.27. The summed E-state index contributed by atoms with van der Waals surface area (Å²) >= 11 is 0. The molecule has 1 amide bonds. The Morgan fingerprint density at radius 1 is 1.35 bits per heavy atom. The molecule has 0 spiro atoms. The maximum Gasteiger partial charge on any atom is 0.267 e. The second kappa shape index (κ2) is 6.89. The minimum absolute atomic E-state index is 0.216. The van der Waals surface area contributed by atoms with E-state index in [9.17, 15) is 9.59 Å². The van der Waals surface area contributed by atoms with Gasteiger partial charge >= 0.3 is 0 Å². The Balaban J connectivity index is 2.28. The van der Waals surface area contributed by atoms with Crippen molar-refractivity contribution in [2.45, 2.75) is 33.1 Å². The second-order valence-corrected chi connectivity index (χ2v) is 4.57. The maximum atomic E-state index is 11.6. The molecule has 0 aliphatic heterocycles. The lowest BCUT2D eigenvalue weighted by Crippen LogP contribution is -2.27. The molecule has 0 saturated carbocycles. The Hall–Kier alpha value is -1.58. The van der Waals surface area contributed by atoms with Crippen molar-refractivity contribution in [3.63, 3.8) is 0 Å². The molecule has 17 heavy (non-hydrogen) atoms. The predicted octanol–water partition coefficient (Wildman–Crippen LogP) is 1.93. The van der Waals surface area contributed by atoms with Gasteiger partial charge in [0, 0.05) is 12.6 Å². The van der Waals surface area contributed by atoms with Gasteiger partial charge in [-0.3, -0.25) is 9.59 Å². The van der Waals surface area contributed by atoms with Gasteiger partial charge < -0.3 is 10.3 Å². The minimum Gasteiger partial charge on any atom is -0.351 e. The fourth-order valence-electron chi connectivity index (χ4n) is 1.55. The molecule has 1 aromatic rings. The molecule has 0 radical (unpaired) electrons. The van der Waals surface area contributed by atoms with E-state index in [0.29, 0.717) is 18.2 Å². The van der Waals surface area contributed by atoms with E-state index in [1.165, 1.54) is 12.5 Å². The average Bonchev–Trinajstić information content (AvgIpc) is 2.28. The summed E-state index contributed by atoms with van der Waals surface area (Å²) < 4.78 is 0. The van der Waals surface area contributed by atoms with Crippen LogP contribution < -0.4 is 10.9 Å². The second-order valence-electron chi connectivity index (χ2n) is 4.57. The third-order valence-corrected chi connectivity index (χ3v) is 2.51. The number of H-pyrrole nitrogens is 1. The number of amides is 1. The molecule has 0 aliphatic carbocycles. The number of pyridine rings is 1. The zero-order chi connectivity index (χ0) is 12.7. The number of hydrogen-bond acceptors (Lipinski definition) is 2. The molecule has 2 N–H and O–H groups in total. The fourth-order valence-corrected chi connectivity index (χ4v) is 1.55. The Bertz CT molecular complexity index is 410. The van der Waals surface area contributed by atoms with E-state index in [0.717, 1.165) is 12.8 Å². The number of aromatic nitrogens is 1. The lowest BCUT2D eigenvalue weighted by Gasteiger charge is -2.06. The highest BCUT2D eigenvalue weighted by Gasteiger charge is 2.04. The standard InChI is InChI=1S/C13H20N2O2/c1-10(2)6-3-4-9-14-13(17)11-7-5-8-12(16)15-11/h5,7-8,10H,3-4,6,9H2,1-2H3,(H,14,17)(H,15,16). The molecular weight excluding hydrogens is 216 g/mol. The normalized spacial score (nSPS) is 10.5. The van der Waals surface area contributed by atoms with E-state index >= 15 is 0 Å². The van der Waals surface area contributed by atoms with Gasteiger partial charge in [0.25, 0.3) is 5.91 Å². The van der Waals surface area contributed by atoms with Crippen LogP contribution in [0.4, 0.5) is 0 Å². The van der Waals surface area contributed by atoms with Crippen molar-refractivity contribution < 1.29 is 4.79 Å². The highest BCUT2D eigenvalue weighted by atomic mass is 16.2. The van der Waals surface area contributed by atoms with E-state index in [2.05, 4.69) is 24.1 Å². The summed E-state index contributed by atoms with van der Waals surface area (Å²) in [5.41, 5.74) is 0.0683. The number of carbonyl (C=O) groups is 1. The molecule has 1 rings (SSSR count). The van der Waals surface area contributed by atoms with Crippen molar-refractivity contribution in [2.75, 3.05) is 6.54 Å². The Labute approximate surface area is 101 Å². The van der Waals surface area contributed by atoms with Crippen LogP contribution in [0.5, 0.6) is 0 Å². The first-order valence-corrected chi connectivity index (χ1v) is 6.07. The van der Waals surface area contributed by atoms with Gasteiger partial charge in [-0.1, -0.05) is 32.8 Å². The molecule has 4 nitrogen and oxygen atoms in total. The number of nitrogens with one attached hydrogen (secondary N) is 2. The van der Waals surface area contributed by atoms with Crippen LogP contribution in [-0.2, 0) is 0 Å². The zero-order valence-corrected chi connectivity index (χ0v) is 10.5. The van der Waals surface area contributed by atoms with Crippen molar-refractivity contribution in [3.05, 3.63) is 34.2 Å². The molecule has 1 heterocycles. The van der Waals surface area contributed by atoms with Crippen LogP contribution in [0.1, 0.15) is 43.6 Å². The molecule has 94 valence electrons. The number of unbranched alkanes of at least 4 members (excludes halogenated alkanes) is 1. The quantitative estimate of drug-likeness (QED) is 0.741. The van der Waals surface area contributed by atoms with Gasteiger partial charge in [0.2, 0.25) is 5.56 Å². The van der Waals surface area contributed by atoms with Crippen LogP contribution in [0.3, 0.4) is 0 Å². The van der Waals surface area contributed by atoms with E-state index < -0.39 is 0 Å². The number of carbonyl (C=O) groups excluding carboxylic acids is 1. The van der Waals surface area contributed by atoms with Gasteiger partial charge in [-0.25, -0.2) is 0 Å². The largest absolute Gasteiger partial charge is 0.351 e. The van der Waals surface area contributed by atoms with E-state index in [1.807, 2.05) is 0 Å². The summed E-state index contributed by atoms with van der Waals surface area (Å²) in [6, 6.07) is 4.57. The molecule has 0 unspecified atom stereocenters. The highest BCUT2D eigenvalue weighted by Crippen LogP contribution is 2.05. The van der Waals surface area contributed by atoms with Gasteiger partial charge in [-0.15, -0.1) is 0 Å². The van der Waals surface area contributed by atoms with Crippen molar-refractivity contribution >= 4 is 5.91 Å². The van der Waals surface area contributed by atoms with Crippen molar-refractivity contribution in [1.29, 1.82) is 0 Å². The van der Waals surface area contributed by atoms with Crippen molar-refractivity contribution in [1.82, 2.24) is 10.3 Å². The third-order valence-electron chi connectivity index (χ3n) is 2.51. The minimum atomic E-state index is -0.252. The van der Waals surface area contributed by atoms with Crippen molar-refractivity contribution in [3.8, 4) is 0 Å². The highest BCUT2D eigenvalue weighted by molar-refractivity contribution is 5.92. The van der Waals surface area contributed by atoms with Crippen LogP contribution in [0.2, 0.25) is 0 Å². The maximum absolute atomic E-state index is 11.6. The summed E-state index contributed by atoms with van der Waals surface area (Å²) in [5, 5.41) is 2.79. The lowest BCUT2D eigenvalue weighted by molar-refractivity contribution is 0.0947. The van der Waals surface area contributed by atoms with Gasteiger partial charge in [-0.05, 0) is 18.4 Å². The first-order chi connectivity index (χ1) is 8.09. The van der Waals surface area contributed by atoms with Gasteiger partial charge in [0.15, 0.2) is 0 Å². The summed E-state index contributed by atoms with van der Waals surface area (Å²) in [5.74, 6) is 0.489. The smallest absolute Gasteiger partial charge is 0.267 e. The molecular formula is C13H20N2O2. The monoisotopic (exact) mass is 236 g/mol. The Morgan fingerprint density at radius 3 is 2.76 bits per heavy atom. The predicted molar refractivity (Wildman–Crippen MR) is 68.1 cm³/mol. The van der Waals surface area contributed by atoms with Crippen LogP contribution in [0.25, 0.3) is 0 Å². The first-order valence-electron chi connectivity index (χ1n) is 6.07. The van der Waals surface area contributed by atoms with Gasteiger partial charge in [-0.2, -0.15) is 0 Å². The molecule has 0 aromatic carbocycles. The van der Waals surface area contributed by atoms with Crippen LogP contribution in [0.15, 0.2) is 23.0 Å². The molecule has 0 bridgehead atoms. The SMILES string of the molecule is CC(C)CCCCNC(=O)c1cccc(=O)[nH]1. The molecule has 1 aromatic heterocycles. The topological polar surface area (TPSA) is 62.0 Å². The molecule has 0 fully saturated rings. The zero-order valence-electron chi connectivity index (χ0n) is 10.5. The van der Waals surface area contributed by atoms with Crippen LogP contribution in [0, 0.1) is 5.92 Å². The number of rotatable bonds is 6. The number of hydrogen-bond donors (Lipinski definition) is 2. The lowest BCUT2D eigenvalue weighted by atomic mass is 10.1. The van der Waals surface area contributed by atoms with Gasteiger partial charge in [0.1, 0.15) is 5.69 Å². The summed E-state index contributed by atoms with van der Waals surface area (Å²) in [6.45, 7) is 5.03. The van der Waals surface area contributed by atoms with E-state index in [4.69, 9.17) is 0 Å². The summed E-state index contributed by atoms with van der Waals surface area (Å²) in [7, 11) is 0.